The molecule has 9 heteroatoms. The summed E-state index contributed by atoms with van der Waals surface area (Å²) in [5.41, 5.74) is -3.31. The predicted octanol–water partition coefficient (Wildman–Crippen LogP) is 1.77. The minimum absolute atomic E-state index is 0.402. The van der Waals surface area contributed by atoms with Crippen molar-refractivity contribution in [2.75, 3.05) is 31.2 Å². The topological polar surface area (TPSA) is 58.6 Å². The molecule has 1 heterocycles. The molecule has 1 aliphatic heterocycles. The normalized spacial score (nSPS) is 16.8. The van der Waals surface area contributed by atoms with E-state index in [1.165, 1.54) is 0 Å². The van der Waals surface area contributed by atoms with E-state index in [1.807, 2.05) is 4.90 Å². The number of ether oxygens (including phenoxy) is 1. The lowest BCUT2D eigenvalue weighted by Crippen LogP contribution is -2.39. The van der Waals surface area contributed by atoms with Gasteiger partial charge in [-0.15, -0.1) is 0 Å². The van der Waals surface area contributed by atoms with Crippen molar-refractivity contribution in [2.24, 2.45) is 0 Å². The molecule has 124 valence electrons. The molecule has 0 saturated carbocycles. The van der Waals surface area contributed by atoms with E-state index < -0.39 is 22.1 Å². The molecule has 0 amide bonds. The van der Waals surface area contributed by atoms with Crippen LogP contribution in [0.1, 0.15) is 11.1 Å². The molecule has 1 aromatic carbocycles. The Morgan fingerprint density at radius 3 is 2.50 bits per heavy atom. The van der Waals surface area contributed by atoms with Crippen molar-refractivity contribution < 1.29 is 26.3 Å². The third kappa shape index (κ3) is 3.71. The van der Waals surface area contributed by atoms with E-state index in [4.69, 9.17) is 4.74 Å². The van der Waals surface area contributed by atoms with Crippen LogP contribution in [0.3, 0.4) is 0 Å². The Balaban J connectivity index is 2.23. The lowest BCUT2D eigenvalue weighted by molar-refractivity contribution is -0.0448. The molecule has 1 N–H and O–H groups in total. The van der Waals surface area contributed by atoms with Crippen LogP contribution in [-0.2, 0) is 21.3 Å². The number of nitrogens with one attached hydrogen (secondary N) is 1. The Bertz CT molecular complexity index is 626. The highest BCUT2D eigenvalue weighted by Crippen LogP contribution is 2.27. The summed E-state index contributed by atoms with van der Waals surface area (Å²) in [7, 11) is -5.35. The average molecular weight is 338 g/mol. The summed E-state index contributed by atoms with van der Waals surface area (Å²) in [6.45, 7) is 3.62. The van der Waals surface area contributed by atoms with E-state index in [9.17, 15) is 21.6 Å². The van der Waals surface area contributed by atoms with E-state index in [-0.39, 0.29) is 0 Å². The van der Waals surface area contributed by atoms with Gasteiger partial charge < -0.3 is 9.64 Å². The SMILES string of the molecule is Cc1cccc(N2CCOCC2)c1CNS(=O)(=O)C(F)(F)F. The molecule has 1 aliphatic rings. The van der Waals surface area contributed by atoms with Crippen molar-refractivity contribution in [3.63, 3.8) is 0 Å². The summed E-state index contributed by atoms with van der Waals surface area (Å²) < 4.78 is 66.4. The van der Waals surface area contributed by atoms with Gasteiger partial charge in [-0.05, 0) is 24.1 Å². The first kappa shape index (κ1) is 17.0. The first-order valence-corrected chi connectivity index (χ1v) is 8.18. The van der Waals surface area contributed by atoms with Crippen molar-refractivity contribution in [2.45, 2.75) is 19.0 Å². The van der Waals surface area contributed by atoms with Crippen molar-refractivity contribution in [3.8, 4) is 0 Å². The number of benzene rings is 1. The van der Waals surface area contributed by atoms with Crippen LogP contribution < -0.4 is 9.62 Å². The predicted molar refractivity (Wildman–Crippen MR) is 76.0 cm³/mol. The van der Waals surface area contributed by atoms with Crippen molar-refractivity contribution in [3.05, 3.63) is 29.3 Å². The summed E-state index contributed by atoms with van der Waals surface area (Å²) in [5, 5.41) is 0. The van der Waals surface area contributed by atoms with Crippen LogP contribution in [0.4, 0.5) is 18.9 Å². The molecule has 0 spiro atoms. The number of hydrogen-bond acceptors (Lipinski definition) is 4. The molecule has 22 heavy (non-hydrogen) atoms. The zero-order valence-electron chi connectivity index (χ0n) is 12.0. The second kappa shape index (κ2) is 6.43. The van der Waals surface area contributed by atoms with E-state index in [1.54, 1.807) is 29.8 Å². The number of sulfonamides is 1. The molecule has 0 atom stereocenters. The summed E-state index contributed by atoms with van der Waals surface area (Å²) in [6, 6.07) is 5.30. The highest BCUT2D eigenvalue weighted by Gasteiger charge is 2.45. The van der Waals surface area contributed by atoms with Gasteiger partial charge in [-0.1, -0.05) is 12.1 Å². The van der Waals surface area contributed by atoms with Gasteiger partial charge in [-0.25, -0.2) is 13.1 Å². The van der Waals surface area contributed by atoms with Crippen LogP contribution in [0.2, 0.25) is 0 Å². The first-order valence-electron chi connectivity index (χ1n) is 6.69. The van der Waals surface area contributed by atoms with Crippen molar-refractivity contribution in [1.29, 1.82) is 0 Å². The van der Waals surface area contributed by atoms with Gasteiger partial charge in [0.25, 0.3) is 0 Å². The Kier molecular flexibility index (Phi) is 4.98. The second-order valence-electron chi connectivity index (χ2n) is 4.94. The molecule has 2 rings (SSSR count). The van der Waals surface area contributed by atoms with Crippen LogP contribution >= 0.6 is 0 Å². The number of aryl methyl sites for hydroxylation is 1. The number of alkyl halides is 3. The monoisotopic (exact) mass is 338 g/mol. The molecule has 1 saturated heterocycles. The Morgan fingerprint density at radius 2 is 1.91 bits per heavy atom. The maximum absolute atomic E-state index is 12.4. The smallest absolute Gasteiger partial charge is 0.378 e. The van der Waals surface area contributed by atoms with Crippen LogP contribution in [0, 0.1) is 6.92 Å². The lowest BCUT2D eigenvalue weighted by atomic mass is 10.1. The lowest BCUT2D eigenvalue weighted by Gasteiger charge is -2.31. The van der Waals surface area contributed by atoms with E-state index in [0.29, 0.717) is 31.9 Å². The Labute approximate surface area is 127 Å². The van der Waals surface area contributed by atoms with Gasteiger partial charge >= 0.3 is 15.5 Å². The molecule has 0 radical (unpaired) electrons. The molecular formula is C13H17F3N2O3S. The molecule has 0 unspecified atom stereocenters. The third-order valence-electron chi connectivity index (χ3n) is 3.48. The highest BCUT2D eigenvalue weighted by molar-refractivity contribution is 7.90. The number of anilines is 1. The summed E-state index contributed by atoms with van der Waals surface area (Å²) in [5.74, 6) is 0. The minimum atomic E-state index is -5.35. The van der Waals surface area contributed by atoms with Gasteiger partial charge in [0.15, 0.2) is 0 Å². The molecule has 0 aliphatic carbocycles. The minimum Gasteiger partial charge on any atom is -0.378 e. The zero-order chi connectivity index (χ0) is 16.4. The summed E-state index contributed by atoms with van der Waals surface area (Å²) in [4.78, 5) is 1.98. The van der Waals surface area contributed by atoms with Gasteiger partial charge in [0.2, 0.25) is 0 Å². The fourth-order valence-corrected chi connectivity index (χ4v) is 2.76. The largest absolute Gasteiger partial charge is 0.511 e. The standard InChI is InChI=1S/C13H17F3N2O3S/c1-10-3-2-4-12(18-5-7-21-8-6-18)11(10)9-17-22(19,20)13(14,15)16/h2-4,17H,5-9H2,1H3. The quantitative estimate of drug-likeness (QED) is 0.909. The van der Waals surface area contributed by atoms with Crippen LogP contribution in [0.5, 0.6) is 0 Å². The fourth-order valence-electron chi connectivity index (χ4n) is 2.27. The van der Waals surface area contributed by atoms with Gasteiger partial charge in [-0.3, -0.25) is 0 Å². The van der Waals surface area contributed by atoms with Crippen LogP contribution in [-0.4, -0.2) is 40.2 Å². The Hall–Kier alpha value is -1.32. The highest BCUT2D eigenvalue weighted by atomic mass is 32.2. The van der Waals surface area contributed by atoms with Crippen LogP contribution in [0.15, 0.2) is 18.2 Å². The van der Waals surface area contributed by atoms with Gasteiger partial charge in [-0.2, -0.15) is 13.2 Å². The molecule has 1 aromatic rings. The molecular weight excluding hydrogens is 321 g/mol. The third-order valence-corrected chi connectivity index (χ3v) is 4.61. The number of halogens is 3. The molecule has 0 aromatic heterocycles. The van der Waals surface area contributed by atoms with E-state index in [0.717, 1.165) is 11.3 Å². The summed E-state index contributed by atoms with van der Waals surface area (Å²) >= 11 is 0. The average Bonchev–Trinajstić information content (AvgIpc) is 2.45. The number of hydrogen-bond donors (Lipinski definition) is 1. The zero-order valence-corrected chi connectivity index (χ0v) is 12.8. The van der Waals surface area contributed by atoms with Gasteiger partial charge in [0.05, 0.1) is 13.2 Å². The van der Waals surface area contributed by atoms with Gasteiger partial charge in [0.1, 0.15) is 0 Å². The van der Waals surface area contributed by atoms with Crippen LogP contribution in [0.25, 0.3) is 0 Å². The Morgan fingerprint density at radius 1 is 1.27 bits per heavy atom. The fraction of sp³-hybridized carbons (Fsp3) is 0.538. The first-order chi connectivity index (χ1) is 10.2. The molecule has 1 fully saturated rings. The number of rotatable bonds is 4. The van der Waals surface area contributed by atoms with E-state index in [2.05, 4.69) is 0 Å². The van der Waals surface area contributed by atoms with Crippen molar-refractivity contribution in [1.82, 2.24) is 4.72 Å². The summed E-state index contributed by atoms with van der Waals surface area (Å²) in [6.07, 6.45) is 0. The molecule has 5 nitrogen and oxygen atoms in total. The maximum Gasteiger partial charge on any atom is 0.511 e. The van der Waals surface area contributed by atoms with Crippen molar-refractivity contribution >= 4 is 15.7 Å². The maximum atomic E-state index is 12.4. The van der Waals surface area contributed by atoms with Gasteiger partial charge in [0, 0.05) is 25.3 Å². The number of morpholine rings is 1. The number of nitrogens with zero attached hydrogens (tertiary/aromatic N) is 1. The van der Waals surface area contributed by atoms with E-state index >= 15 is 0 Å². The molecule has 0 bridgehead atoms. The second-order valence-corrected chi connectivity index (χ2v) is 6.70.